The zero-order chi connectivity index (χ0) is 19.3. The number of hydrogen-bond donors (Lipinski definition) is 0. The van der Waals surface area contributed by atoms with E-state index in [9.17, 15) is 13.2 Å². The maximum absolute atomic E-state index is 13.7. The number of hydrogen-bond acceptors (Lipinski definition) is 3. The molecular weight excluding hydrogens is 359 g/mol. The number of aryl methyl sites for hydroxylation is 1. The fourth-order valence-corrected chi connectivity index (χ4v) is 3.30. The molecule has 0 atom stereocenters. The van der Waals surface area contributed by atoms with Crippen LogP contribution in [0.15, 0.2) is 35.2 Å². The van der Waals surface area contributed by atoms with Gasteiger partial charge in [0, 0.05) is 10.5 Å². The molecule has 0 saturated heterocycles. The third-order valence-electron chi connectivity index (χ3n) is 4.14. The molecule has 2 aromatic heterocycles. The van der Waals surface area contributed by atoms with E-state index in [0.717, 1.165) is 11.0 Å². The van der Waals surface area contributed by atoms with Gasteiger partial charge in [-0.25, -0.2) is 9.67 Å². The monoisotopic (exact) mass is 379 g/mol. The van der Waals surface area contributed by atoms with Gasteiger partial charge in [0.1, 0.15) is 0 Å². The van der Waals surface area contributed by atoms with Crippen LogP contribution >= 0.6 is 11.8 Å². The maximum atomic E-state index is 13.7. The molecule has 0 spiro atoms. The fourth-order valence-electron chi connectivity index (χ4n) is 2.89. The Morgan fingerprint density at radius 2 is 1.65 bits per heavy atom. The SMILES string of the molecule is CSc1ccc(-c2cc(C(F)(F)F)c3c(C)nn(C(C)(C)C)c3n2)cc1. The summed E-state index contributed by atoms with van der Waals surface area (Å²) in [7, 11) is 0. The van der Waals surface area contributed by atoms with Crippen LogP contribution in [0.2, 0.25) is 0 Å². The van der Waals surface area contributed by atoms with E-state index in [2.05, 4.69) is 10.1 Å². The number of halogens is 3. The van der Waals surface area contributed by atoms with Gasteiger partial charge in [-0.05, 0) is 52.1 Å². The second-order valence-corrected chi connectivity index (χ2v) is 8.03. The quantitative estimate of drug-likeness (QED) is 0.519. The summed E-state index contributed by atoms with van der Waals surface area (Å²) >= 11 is 1.58. The third-order valence-corrected chi connectivity index (χ3v) is 4.88. The largest absolute Gasteiger partial charge is 0.417 e. The van der Waals surface area contributed by atoms with Crippen molar-refractivity contribution < 1.29 is 13.2 Å². The second kappa shape index (κ2) is 6.30. The van der Waals surface area contributed by atoms with E-state index < -0.39 is 17.3 Å². The molecule has 0 radical (unpaired) electrons. The standard InChI is InChI=1S/C19H20F3N3S/c1-11-16-14(19(20,21)22)10-15(12-6-8-13(26-5)9-7-12)23-17(16)25(24-11)18(2,3)4/h6-10H,1-5H3. The highest BCUT2D eigenvalue weighted by atomic mass is 32.2. The summed E-state index contributed by atoms with van der Waals surface area (Å²) in [5, 5.41) is 4.41. The van der Waals surface area contributed by atoms with Gasteiger partial charge in [0.15, 0.2) is 5.65 Å². The molecule has 7 heteroatoms. The highest BCUT2D eigenvalue weighted by Crippen LogP contribution is 2.39. The van der Waals surface area contributed by atoms with Crippen LogP contribution in [0.1, 0.15) is 32.0 Å². The van der Waals surface area contributed by atoms with Crippen LogP contribution in [0.5, 0.6) is 0 Å². The predicted molar refractivity (Wildman–Crippen MR) is 99.5 cm³/mol. The van der Waals surface area contributed by atoms with Crippen molar-refractivity contribution in [1.29, 1.82) is 0 Å². The van der Waals surface area contributed by atoms with Crippen molar-refractivity contribution in [2.45, 2.75) is 44.3 Å². The van der Waals surface area contributed by atoms with Gasteiger partial charge in [0.25, 0.3) is 0 Å². The Labute approximate surface area is 154 Å². The first-order valence-electron chi connectivity index (χ1n) is 8.15. The molecular formula is C19H20F3N3S. The summed E-state index contributed by atoms with van der Waals surface area (Å²) in [6, 6.07) is 8.48. The molecule has 3 rings (SSSR count). The summed E-state index contributed by atoms with van der Waals surface area (Å²) in [6.07, 6.45) is -2.53. The van der Waals surface area contributed by atoms with E-state index in [1.807, 2.05) is 39.2 Å². The number of pyridine rings is 1. The average Bonchev–Trinajstić information content (AvgIpc) is 2.90. The van der Waals surface area contributed by atoms with Crippen molar-refractivity contribution in [3.63, 3.8) is 0 Å². The molecule has 0 aliphatic carbocycles. The van der Waals surface area contributed by atoms with Crippen LogP contribution in [0.4, 0.5) is 13.2 Å². The Bertz CT molecular complexity index is 951. The van der Waals surface area contributed by atoms with Crippen LogP contribution < -0.4 is 0 Å². The number of nitrogens with zero attached hydrogens (tertiary/aromatic N) is 3. The van der Waals surface area contributed by atoms with Gasteiger partial charge < -0.3 is 0 Å². The van der Waals surface area contributed by atoms with Gasteiger partial charge in [0.05, 0.1) is 27.9 Å². The summed E-state index contributed by atoms with van der Waals surface area (Å²) in [4.78, 5) is 5.60. The highest BCUT2D eigenvalue weighted by molar-refractivity contribution is 7.98. The van der Waals surface area contributed by atoms with Gasteiger partial charge in [-0.1, -0.05) is 12.1 Å². The molecule has 2 heterocycles. The molecule has 3 nitrogen and oxygen atoms in total. The lowest BCUT2D eigenvalue weighted by Gasteiger charge is -2.20. The van der Waals surface area contributed by atoms with Crippen LogP contribution in [0.25, 0.3) is 22.3 Å². The lowest BCUT2D eigenvalue weighted by Crippen LogP contribution is -2.23. The topological polar surface area (TPSA) is 30.7 Å². The van der Waals surface area contributed by atoms with Gasteiger partial charge >= 0.3 is 6.18 Å². The molecule has 3 aromatic rings. The molecule has 26 heavy (non-hydrogen) atoms. The molecule has 0 aliphatic rings. The Morgan fingerprint density at radius 1 is 1.04 bits per heavy atom. The minimum atomic E-state index is -4.48. The zero-order valence-electron chi connectivity index (χ0n) is 15.3. The molecule has 1 aromatic carbocycles. The van der Waals surface area contributed by atoms with Crippen molar-refractivity contribution in [1.82, 2.24) is 14.8 Å². The van der Waals surface area contributed by atoms with Crippen molar-refractivity contribution in [2.75, 3.05) is 6.26 Å². The first-order chi connectivity index (χ1) is 12.0. The fraction of sp³-hybridized carbons (Fsp3) is 0.368. The molecule has 0 amide bonds. The van der Waals surface area contributed by atoms with E-state index >= 15 is 0 Å². The van der Waals surface area contributed by atoms with Crippen molar-refractivity contribution in [3.8, 4) is 11.3 Å². The first-order valence-corrected chi connectivity index (χ1v) is 9.37. The number of rotatable bonds is 2. The van der Waals surface area contributed by atoms with E-state index in [1.54, 1.807) is 35.5 Å². The Kier molecular flexibility index (Phi) is 4.55. The molecule has 0 aliphatic heterocycles. The summed E-state index contributed by atoms with van der Waals surface area (Å²) < 4.78 is 42.8. The first kappa shape index (κ1) is 18.8. The molecule has 0 fully saturated rings. The van der Waals surface area contributed by atoms with Crippen LogP contribution in [-0.2, 0) is 11.7 Å². The van der Waals surface area contributed by atoms with Crippen molar-refractivity contribution in [2.24, 2.45) is 0 Å². The Hall–Kier alpha value is -2.02. The molecule has 138 valence electrons. The lowest BCUT2D eigenvalue weighted by molar-refractivity contribution is -0.136. The Morgan fingerprint density at radius 3 is 2.15 bits per heavy atom. The number of fused-ring (bicyclic) bond motifs is 1. The number of aromatic nitrogens is 3. The average molecular weight is 379 g/mol. The second-order valence-electron chi connectivity index (χ2n) is 7.15. The van der Waals surface area contributed by atoms with Gasteiger partial charge in [-0.2, -0.15) is 18.3 Å². The molecule has 0 bridgehead atoms. The van der Waals surface area contributed by atoms with Crippen LogP contribution in [0, 0.1) is 6.92 Å². The smallest absolute Gasteiger partial charge is 0.242 e. The van der Waals surface area contributed by atoms with Gasteiger partial charge in [-0.3, -0.25) is 0 Å². The number of benzene rings is 1. The minimum Gasteiger partial charge on any atom is -0.242 e. The third kappa shape index (κ3) is 3.32. The van der Waals surface area contributed by atoms with E-state index in [-0.39, 0.29) is 11.0 Å². The van der Waals surface area contributed by atoms with Gasteiger partial charge in [0.2, 0.25) is 0 Å². The van der Waals surface area contributed by atoms with Gasteiger partial charge in [-0.15, -0.1) is 11.8 Å². The van der Waals surface area contributed by atoms with E-state index in [0.29, 0.717) is 17.0 Å². The number of thioether (sulfide) groups is 1. The Balaban J connectivity index is 2.34. The normalized spacial score (nSPS) is 12.8. The maximum Gasteiger partial charge on any atom is 0.417 e. The van der Waals surface area contributed by atoms with E-state index in [1.165, 1.54) is 0 Å². The van der Waals surface area contributed by atoms with Crippen LogP contribution in [0.3, 0.4) is 0 Å². The number of alkyl halides is 3. The van der Waals surface area contributed by atoms with Crippen LogP contribution in [-0.4, -0.2) is 21.0 Å². The van der Waals surface area contributed by atoms with E-state index in [4.69, 9.17) is 0 Å². The van der Waals surface area contributed by atoms with Crippen molar-refractivity contribution >= 4 is 22.8 Å². The summed E-state index contributed by atoms with van der Waals surface area (Å²) in [5.74, 6) is 0. The summed E-state index contributed by atoms with van der Waals surface area (Å²) in [6.45, 7) is 7.28. The summed E-state index contributed by atoms with van der Waals surface area (Å²) in [5.41, 5.74) is 0.355. The molecule has 0 N–H and O–H groups in total. The molecule has 0 saturated carbocycles. The minimum absolute atomic E-state index is 0.0666. The van der Waals surface area contributed by atoms with Crippen molar-refractivity contribution in [3.05, 3.63) is 41.6 Å². The lowest BCUT2D eigenvalue weighted by atomic mass is 10.0. The highest BCUT2D eigenvalue weighted by Gasteiger charge is 2.36. The predicted octanol–water partition coefficient (Wildman–Crippen LogP) is 5.90. The zero-order valence-corrected chi connectivity index (χ0v) is 16.1. The molecule has 0 unspecified atom stereocenters.